The minimum Gasteiger partial charge on any atom is -0.493 e. The van der Waals surface area contributed by atoms with Gasteiger partial charge in [-0.15, -0.1) is 0 Å². The third-order valence-corrected chi connectivity index (χ3v) is 3.76. The van der Waals surface area contributed by atoms with Crippen LogP contribution in [0.25, 0.3) is 0 Å². The van der Waals surface area contributed by atoms with Crippen LogP contribution in [0.3, 0.4) is 0 Å². The summed E-state index contributed by atoms with van der Waals surface area (Å²) in [6.07, 6.45) is 1.44. The number of nitrogens with zero attached hydrogens (tertiary/aromatic N) is 4. The molecule has 1 aromatic carbocycles. The first kappa shape index (κ1) is 18.0. The van der Waals surface area contributed by atoms with Crippen LogP contribution in [0.15, 0.2) is 18.5 Å². The molecule has 2 heterocycles. The molecule has 1 aromatic heterocycles. The highest BCUT2D eigenvalue weighted by molar-refractivity contribution is 5.65. The minimum absolute atomic E-state index is 0.394. The topological polar surface area (TPSA) is 103 Å². The van der Waals surface area contributed by atoms with Gasteiger partial charge in [-0.1, -0.05) is 0 Å². The molecule has 0 amide bonds. The number of hydrazine groups is 1. The van der Waals surface area contributed by atoms with Gasteiger partial charge in [0.05, 0.1) is 34.5 Å². The van der Waals surface area contributed by atoms with Gasteiger partial charge in [-0.05, 0) is 0 Å². The van der Waals surface area contributed by atoms with E-state index in [9.17, 15) is 0 Å². The second-order valence-electron chi connectivity index (χ2n) is 5.38. The van der Waals surface area contributed by atoms with Crippen molar-refractivity contribution in [3.05, 3.63) is 18.5 Å². The Morgan fingerprint density at radius 2 is 1.62 bits per heavy atom. The SMILES string of the molecule is COc1cc(Nc2ncnc(NN3CCOCC3)n2)cc(OC)c1OC. The number of anilines is 3. The van der Waals surface area contributed by atoms with E-state index in [4.69, 9.17) is 18.9 Å². The molecule has 2 N–H and O–H groups in total. The van der Waals surface area contributed by atoms with Gasteiger partial charge in [0.2, 0.25) is 17.6 Å². The average Bonchev–Trinajstić information content (AvgIpc) is 2.68. The van der Waals surface area contributed by atoms with E-state index in [1.165, 1.54) is 6.33 Å². The summed E-state index contributed by atoms with van der Waals surface area (Å²) >= 11 is 0. The Morgan fingerprint density at radius 3 is 2.23 bits per heavy atom. The van der Waals surface area contributed by atoms with E-state index in [-0.39, 0.29) is 0 Å². The van der Waals surface area contributed by atoms with Gasteiger partial charge in [-0.3, -0.25) is 5.43 Å². The smallest absolute Gasteiger partial charge is 0.242 e. The zero-order valence-electron chi connectivity index (χ0n) is 15.0. The van der Waals surface area contributed by atoms with Crippen molar-refractivity contribution < 1.29 is 18.9 Å². The quantitative estimate of drug-likeness (QED) is 0.749. The van der Waals surface area contributed by atoms with Crippen LogP contribution in [0.2, 0.25) is 0 Å². The number of morpholine rings is 1. The lowest BCUT2D eigenvalue weighted by molar-refractivity contribution is 0.0492. The summed E-state index contributed by atoms with van der Waals surface area (Å²) in [5.41, 5.74) is 3.85. The normalized spacial score (nSPS) is 14.6. The lowest BCUT2D eigenvalue weighted by atomic mass is 10.2. The number of rotatable bonds is 7. The summed E-state index contributed by atoms with van der Waals surface area (Å²) in [6, 6.07) is 3.56. The summed E-state index contributed by atoms with van der Waals surface area (Å²) in [5.74, 6) is 2.44. The predicted octanol–water partition coefficient (Wildman–Crippen LogP) is 1.30. The number of methoxy groups -OCH3 is 3. The van der Waals surface area contributed by atoms with E-state index in [0.717, 1.165) is 13.1 Å². The first-order valence-corrected chi connectivity index (χ1v) is 8.09. The van der Waals surface area contributed by atoms with Crippen LogP contribution >= 0.6 is 0 Å². The van der Waals surface area contributed by atoms with Crippen LogP contribution in [0.5, 0.6) is 17.2 Å². The number of aromatic nitrogens is 3. The van der Waals surface area contributed by atoms with Crippen molar-refractivity contribution in [2.45, 2.75) is 0 Å². The first-order valence-electron chi connectivity index (χ1n) is 8.09. The molecule has 0 atom stereocenters. The monoisotopic (exact) mass is 362 g/mol. The van der Waals surface area contributed by atoms with E-state index in [2.05, 4.69) is 25.7 Å². The second-order valence-corrected chi connectivity index (χ2v) is 5.38. The highest BCUT2D eigenvalue weighted by Gasteiger charge is 2.15. The maximum Gasteiger partial charge on any atom is 0.242 e. The van der Waals surface area contributed by atoms with Crippen LogP contribution in [0.4, 0.5) is 17.6 Å². The van der Waals surface area contributed by atoms with Crippen LogP contribution in [-0.4, -0.2) is 67.6 Å². The lowest BCUT2D eigenvalue weighted by Crippen LogP contribution is -2.40. The molecule has 0 bridgehead atoms. The molecule has 26 heavy (non-hydrogen) atoms. The van der Waals surface area contributed by atoms with Gasteiger partial charge in [0.1, 0.15) is 6.33 Å². The van der Waals surface area contributed by atoms with Crippen LogP contribution < -0.4 is 25.0 Å². The summed E-state index contributed by atoms with van der Waals surface area (Å²) in [6.45, 7) is 2.88. The third-order valence-electron chi connectivity index (χ3n) is 3.76. The Morgan fingerprint density at radius 1 is 0.962 bits per heavy atom. The highest BCUT2D eigenvalue weighted by atomic mass is 16.5. The third kappa shape index (κ3) is 4.21. The van der Waals surface area contributed by atoms with Gasteiger partial charge >= 0.3 is 0 Å². The van der Waals surface area contributed by atoms with Gasteiger partial charge in [-0.2, -0.15) is 4.98 Å². The number of hydrogen-bond acceptors (Lipinski definition) is 10. The zero-order chi connectivity index (χ0) is 18.4. The largest absolute Gasteiger partial charge is 0.493 e. The van der Waals surface area contributed by atoms with Crippen molar-refractivity contribution in [1.82, 2.24) is 20.0 Å². The second kappa shape index (κ2) is 8.50. The Hall–Kier alpha value is -2.85. The number of benzene rings is 1. The number of nitrogens with one attached hydrogen (secondary N) is 2. The van der Waals surface area contributed by atoms with Gasteiger partial charge in [0, 0.05) is 30.9 Å². The van der Waals surface area contributed by atoms with Crippen LogP contribution in [-0.2, 0) is 4.74 Å². The Labute approximate surface area is 151 Å². The van der Waals surface area contributed by atoms with Crippen molar-refractivity contribution in [3.8, 4) is 17.2 Å². The molecule has 0 spiro atoms. The molecular formula is C16H22N6O4. The fraction of sp³-hybridized carbons (Fsp3) is 0.438. The first-order chi connectivity index (χ1) is 12.7. The number of hydrogen-bond donors (Lipinski definition) is 2. The molecule has 0 unspecified atom stereocenters. The lowest BCUT2D eigenvalue weighted by Gasteiger charge is -2.26. The van der Waals surface area contributed by atoms with Crippen molar-refractivity contribution in [2.75, 3.05) is 58.4 Å². The predicted molar refractivity (Wildman–Crippen MR) is 95.2 cm³/mol. The maximum atomic E-state index is 5.35. The standard InChI is InChI=1S/C16H22N6O4/c1-23-12-8-11(9-13(24-2)14(12)25-3)19-15-17-10-18-16(20-15)21-22-4-6-26-7-5-22/h8-10H,4-7H2,1-3H3,(H2,17,18,19,20,21). The summed E-state index contributed by atoms with van der Waals surface area (Å²) in [5, 5.41) is 5.12. The molecule has 0 saturated carbocycles. The van der Waals surface area contributed by atoms with Gasteiger partial charge in [0.25, 0.3) is 0 Å². The van der Waals surface area contributed by atoms with Gasteiger partial charge < -0.3 is 24.3 Å². The Bertz CT molecular complexity index is 713. The van der Waals surface area contributed by atoms with E-state index in [0.29, 0.717) is 48.0 Å². The van der Waals surface area contributed by atoms with Crippen molar-refractivity contribution >= 4 is 17.6 Å². The molecule has 10 nitrogen and oxygen atoms in total. The maximum absolute atomic E-state index is 5.35. The fourth-order valence-electron chi connectivity index (χ4n) is 2.51. The van der Waals surface area contributed by atoms with Crippen molar-refractivity contribution in [2.24, 2.45) is 0 Å². The summed E-state index contributed by atoms with van der Waals surface area (Å²) < 4.78 is 21.3. The molecule has 1 aliphatic rings. The molecule has 2 aromatic rings. The molecule has 1 saturated heterocycles. The highest BCUT2D eigenvalue weighted by Crippen LogP contribution is 2.40. The Balaban J connectivity index is 1.77. The fourth-order valence-corrected chi connectivity index (χ4v) is 2.51. The van der Waals surface area contributed by atoms with E-state index in [1.54, 1.807) is 33.5 Å². The molecule has 3 rings (SSSR count). The van der Waals surface area contributed by atoms with Gasteiger partial charge in [-0.25, -0.2) is 15.0 Å². The molecule has 0 radical (unpaired) electrons. The van der Waals surface area contributed by atoms with E-state index < -0.39 is 0 Å². The minimum atomic E-state index is 0.394. The summed E-state index contributed by atoms with van der Waals surface area (Å²) in [7, 11) is 4.69. The average molecular weight is 362 g/mol. The van der Waals surface area contributed by atoms with E-state index in [1.807, 2.05) is 5.01 Å². The van der Waals surface area contributed by atoms with Gasteiger partial charge in [0.15, 0.2) is 11.5 Å². The molecular weight excluding hydrogens is 340 g/mol. The molecule has 140 valence electrons. The molecule has 10 heteroatoms. The van der Waals surface area contributed by atoms with Crippen molar-refractivity contribution in [1.29, 1.82) is 0 Å². The molecule has 1 aliphatic heterocycles. The zero-order valence-corrected chi connectivity index (χ0v) is 15.0. The summed E-state index contributed by atoms with van der Waals surface area (Å²) in [4.78, 5) is 12.7. The van der Waals surface area contributed by atoms with E-state index >= 15 is 0 Å². The number of ether oxygens (including phenoxy) is 4. The van der Waals surface area contributed by atoms with Crippen LogP contribution in [0.1, 0.15) is 0 Å². The van der Waals surface area contributed by atoms with Crippen molar-refractivity contribution in [3.63, 3.8) is 0 Å². The molecule has 1 fully saturated rings. The van der Waals surface area contributed by atoms with Crippen LogP contribution in [0, 0.1) is 0 Å². The Kier molecular flexibility index (Phi) is 5.87. The molecule has 0 aliphatic carbocycles.